The summed E-state index contributed by atoms with van der Waals surface area (Å²) in [7, 11) is 0. The molecule has 1 aliphatic rings. The third-order valence-electron chi connectivity index (χ3n) is 4.25. The van der Waals surface area contributed by atoms with Crippen molar-refractivity contribution in [1.29, 1.82) is 0 Å². The largest absolute Gasteiger partial charge is 0.454 e. The summed E-state index contributed by atoms with van der Waals surface area (Å²) >= 11 is 0. The van der Waals surface area contributed by atoms with Crippen molar-refractivity contribution in [2.24, 2.45) is 5.73 Å². The Balaban J connectivity index is 1.79. The molecule has 1 unspecified atom stereocenters. The third kappa shape index (κ3) is 2.53. The van der Waals surface area contributed by atoms with Crippen LogP contribution >= 0.6 is 0 Å². The van der Waals surface area contributed by atoms with Gasteiger partial charge in [-0.2, -0.15) is 5.10 Å². The fourth-order valence-electron chi connectivity index (χ4n) is 3.10. The van der Waals surface area contributed by atoms with Gasteiger partial charge in [0.2, 0.25) is 6.79 Å². The van der Waals surface area contributed by atoms with Gasteiger partial charge in [-0.05, 0) is 42.8 Å². The summed E-state index contributed by atoms with van der Waals surface area (Å²) in [5.74, 6) is 1.58. The molecular weight excluding hydrogens is 302 g/mol. The lowest BCUT2D eigenvalue weighted by atomic mass is 9.95. The Hall–Kier alpha value is -2.79. The van der Waals surface area contributed by atoms with Crippen molar-refractivity contribution in [1.82, 2.24) is 9.78 Å². The second kappa shape index (κ2) is 6.02. The number of aromatic nitrogens is 2. The van der Waals surface area contributed by atoms with Gasteiger partial charge in [0, 0.05) is 12.5 Å². The number of ether oxygens (including phenoxy) is 2. The fraction of sp³-hybridized carbons (Fsp3) is 0.211. The van der Waals surface area contributed by atoms with Crippen molar-refractivity contribution in [3.05, 3.63) is 71.5 Å². The highest BCUT2D eigenvalue weighted by Crippen LogP contribution is 2.36. The van der Waals surface area contributed by atoms with E-state index in [1.165, 1.54) is 0 Å². The van der Waals surface area contributed by atoms with E-state index < -0.39 is 0 Å². The maximum atomic E-state index is 6.13. The second-order valence-corrected chi connectivity index (χ2v) is 5.86. The van der Waals surface area contributed by atoms with Crippen LogP contribution < -0.4 is 15.2 Å². The van der Waals surface area contributed by atoms with Crippen LogP contribution in [-0.2, 0) is 0 Å². The molecule has 0 fully saturated rings. The van der Waals surface area contributed by atoms with Gasteiger partial charge in [-0.15, -0.1) is 0 Å². The monoisotopic (exact) mass is 321 g/mol. The van der Waals surface area contributed by atoms with Crippen molar-refractivity contribution in [3.8, 4) is 17.2 Å². The van der Waals surface area contributed by atoms with Crippen molar-refractivity contribution >= 4 is 0 Å². The predicted molar refractivity (Wildman–Crippen MR) is 91.8 cm³/mol. The van der Waals surface area contributed by atoms with E-state index >= 15 is 0 Å². The molecule has 0 amide bonds. The van der Waals surface area contributed by atoms with Crippen molar-refractivity contribution in [2.75, 3.05) is 13.3 Å². The summed E-state index contributed by atoms with van der Waals surface area (Å²) in [5.41, 5.74) is 10.3. The van der Waals surface area contributed by atoms with E-state index in [1.807, 2.05) is 60.1 Å². The van der Waals surface area contributed by atoms with E-state index in [0.717, 1.165) is 34.1 Å². The summed E-state index contributed by atoms with van der Waals surface area (Å²) in [6.45, 7) is 2.75. The van der Waals surface area contributed by atoms with E-state index in [2.05, 4.69) is 11.2 Å². The summed E-state index contributed by atoms with van der Waals surface area (Å²) in [6.07, 6.45) is 0. The van der Waals surface area contributed by atoms with Crippen LogP contribution in [0.5, 0.6) is 11.5 Å². The molecule has 3 aromatic rings. The smallest absolute Gasteiger partial charge is 0.231 e. The quantitative estimate of drug-likeness (QED) is 0.802. The standard InChI is InChI=1S/C19H19N3O2/c1-13-9-17(22(21-13)15-5-3-2-4-6-15)16(11-20)14-7-8-18-19(10-14)24-12-23-18/h2-10,16H,11-12,20H2,1H3. The number of nitrogens with zero attached hydrogens (tertiary/aromatic N) is 2. The van der Waals surface area contributed by atoms with Crippen LogP contribution in [0.2, 0.25) is 0 Å². The number of para-hydroxylation sites is 1. The lowest BCUT2D eigenvalue weighted by molar-refractivity contribution is 0.174. The molecule has 2 aromatic carbocycles. The summed E-state index contributed by atoms with van der Waals surface area (Å²) in [6, 6.07) is 18.2. The van der Waals surface area contributed by atoms with Gasteiger partial charge >= 0.3 is 0 Å². The Morgan fingerprint density at radius 1 is 1.08 bits per heavy atom. The van der Waals surface area contributed by atoms with E-state index in [1.54, 1.807) is 0 Å². The first-order valence-electron chi connectivity index (χ1n) is 7.98. The average Bonchev–Trinajstić information content (AvgIpc) is 3.22. The van der Waals surface area contributed by atoms with E-state index in [9.17, 15) is 0 Å². The third-order valence-corrected chi connectivity index (χ3v) is 4.25. The topological polar surface area (TPSA) is 62.3 Å². The predicted octanol–water partition coefficient (Wildman–Crippen LogP) is 3.00. The van der Waals surface area contributed by atoms with E-state index in [4.69, 9.17) is 15.2 Å². The highest BCUT2D eigenvalue weighted by atomic mass is 16.7. The number of aryl methyl sites for hydroxylation is 1. The number of hydrogen-bond donors (Lipinski definition) is 1. The average molecular weight is 321 g/mol. The van der Waals surface area contributed by atoms with Gasteiger partial charge < -0.3 is 15.2 Å². The van der Waals surface area contributed by atoms with Gasteiger partial charge in [-0.3, -0.25) is 0 Å². The highest BCUT2D eigenvalue weighted by Gasteiger charge is 2.22. The SMILES string of the molecule is Cc1cc(C(CN)c2ccc3c(c2)OCO3)n(-c2ccccc2)n1. The zero-order valence-corrected chi connectivity index (χ0v) is 13.5. The van der Waals surface area contributed by atoms with Crippen LogP contribution in [0.25, 0.3) is 5.69 Å². The molecule has 1 aromatic heterocycles. The number of hydrogen-bond acceptors (Lipinski definition) is 4. The number of rotatable bonds is 4. The molecular formula is C19H19N3O2. The molecule has 1 aliphatic heterocycles. The normalized spacial score (nSPS) is 13.9. The Bertz CT molecular complexity index is 858. The van der Waals surface area contributed by atoms with Crippen LogP contribution in [0.1, 0.15) is 22.9 Å². The summed E-state index contributed by atoms with van der Waals surface area (Å²) < 4.78 is 12.9. The minimum Gasteiger partial charge on any atom is -0.454 e. The Morgan fingerprint density at radius 3 is 2.67 bits per heavy atom. The molecule has 2 N–H and O–H groups in total. The molecule has 0 saturated heterocycles. The molecule has 24 heavy (non-hydrogen) atoms. The van der Waals surface area contributed by atoms with Crippen LogP contribution in [0.15, 0.2) is 54.6 Å². The van der Waals surface area contributed by atoms with Crippen LogP contribution in [-0.4, -0.2) is 23.1 Å². The lowest BCUT2D eigenvalue weighted by Crippen LogP contribution is -2.17. The van der Waals surface area contributed by atoms with E-state index in [0.29, 0.717) is 6.54 Å². The molecule has 1 atom stereocenters. The van der Waals surface area contributed by atoms with Crippen LogP contribution in [0, 0.1) is 6.92 Å². The molecule has 0 saturated carbocycles. The number of nitrogens with two attached hydrogens (primary N) is 1. The molecule has 0 aliphatic carbocycles. The maximum absolute atomic E-state index is 6.13. The molecule has 122 valence electrons. The van der Waals surface area contributed by atoms with Gasteiger partial charge in [-0.25, -0.2) is 4.68 Å². The van der Waals surface area contributed by atoms with Gasteiger partial charge in [-0.1, -0.05) is 24.3 Å². The highest BCUT2D eigenvalue weighted by molar-refractivity contribution is 5.47. The zero-order valence-electron chi connectivity index (χ0n) is 13.5. The molecule has 0 radical (unpaired) electrons. The second-order valence-electron chi connectivity index (χ2n) is 5.86. The molecule has 5 nitrogen and oxygen atoms in total. The van der Waals surface area contributed by atoms with Gasteiger partial charge in [0.05, 0.1) is 17.1 Å². The Labute approximate surface area is 140 Å². The van der Waals surface area contributed by atoms with Crippen LogP contribution in [0.4, 0.5) is 0 Å². The molecule has 5 heteroatoms. The fourth-order valence-corrected chi connectivity index (χ4v) is 3.10. The summed E-state index contributed by atoms with van der Waals surface area (Å²) in [4.78, 5) is 0. The zero-order chi connectivity index (χ0) is 16.5. The first kappa shape index (κ1) is 14.8. The first-order valence-corrected chi connectivity index (χ1v) is 7.98. The molecule has 2 heterocycles. The van der Waals surface area contributed by atoms with Crippen molar-refractivity contribution in [2.45, 2.75) is 12.8 Å². The molecule has 4 rings (SSSR count). The van der Waals surface area contributed by atoms with E-state index in [-0.39, 0.29) is 12.7 Å². The summed E-state index contributed by atoms with van der Waals surface area (Å²) in [5, 5.41) is 4.65. The number of benzene rings is 2. The minimum atomic E-state index is 0.0286. The first-order chi connectivity index (χ1) is 11.8. The number of fused-ring (bicyclic) bond motifs is 1. The van der Waals surface area contributed by atoms with Gasteiger partial charge in [0.1, 0.15) is 0 Å². The van der Waals surface area contributed by atoms with Crippen LogP contribution in [0.3, 0.4) is 0 Å². The molecule has 0 bridgehead atoms. The lowest BCUT2D eigenvalue weighted by Gasteiger charge is -2.18. The van der Waals surface area contributed by atoms with Gasteiger partial charge in [0.25, 0.3) is 0 Å². The Kier molecular flexibility index (Phi) is 3.70. The minimum absolute atomic E-state index is 0.0286. The van der Waals surface area contributed by atoms with Gasteiger partial charge in [0.15, 0.2) is 11.5 Å². The van der Waals surface area contributed by atoms with Crippen molar-refractivity contribution in [3.63, 3.8) is 0 Å². The molecule has 0 spiro atoms. The maximum Gasteiger partial charge on any atom is 0.231 e. The Morgan fingerprint density at radius 2 is 1.88 bits per heavy atom. The van der Waals surface area contributed by atoms with Crippen molar-refractivity contribution < 1.29 is 9.47 Å².